The minimum atomic E-state index is -0.130. The fourth-order valence-electron chi connectivity index (χ4n) is 2.26. The Balaban J connectivity index is 3.22. The van der Waals surface area contributed by atoms with E-state index in [1.165, 1.54) is 0 Å². The molecule has 0 aromatic rings. The van der Waals surface area contributed by atoms with E-state index in [1.807, 2.05) is 17.2 Å². The molecule has 4 nitrogen and oxygen atoms in total. The van der Waals surface area contributed by atoms with Crippen LogP contribution < -0.4 is 0 Å². The van der Waals surface area contributed by atoms with Gasteiger partial charge in [-0.25, -0.2) is 4.79 Å². The highest BCUT2D eigenvalue weighted by Gasteiger charge is 2.32. The normalized spacial score (nSPS) is 19.3. The number of allylic oxidation sites excluding steroid dienone is 2. The monoisotopic (exact) mass is 305 g/mol. The van der Waals surface area contributed by atoms with Crippen LogP contribution in [0.15, 0.2) is 53.6 Å². The first-order chi connectivity index (χ1) is 9.99. The zero-order valence-electron chi connectivity index (χ0n) is 13.2. The average molecular weight is 305 g/mol. The Hall–Kier alpha value is -1.75. The van der Waals surface area contributed by atoms with Gasteiger partial charge in [0.25, 0.3) is 0 Å². The molecule has 0 spiro atoms. The summed E-state index contributed by atoms with van der Waals surface area (Å²) < 4.78 is 0. The van der Waals surface area contributed by atoms with Gasteiger partial charge in [-0.2, -0.15) is 0 Å². The van der Waals surface area contributed by atoms with E-state index < -0.39 is 0 Å². The van der Waals surface area contributed by atoms with Crippen molar-refractivity contribution in [3.63, 3.8) is 0 Å². The van der Waals surface area contributed by atoms with Gasteiger partial charge in [0.15, 0.2) is 0 Å². The third-order valence-corrected chi connectivity index (χ3v) is 4.05. The lowest BCUT2D eigenvalue weighted by Crippen LogP contribution is -2.43. The Kier molecular flexibility index (Phi) is 6.49. The lowest BCUT2D eigenvalue weighted by Gasteiger charge is -2.28. The number of urea groups is 1. The Morgan fingerprint density at radius 1 is 1.52 bits per heavy atom. The molecule has 0 aromatic carbocycles. The SMILES string of the molecule is C=C/C=C(\C=C)[C@@H]1C=C(C(=NC)SC)CN1C(=O)N(C)C. The molecule has 0 radical (unpaired) electrons. The van der Waals surface area contributed by atoms with Gasteiger partial charge in [0.2, 0.25) is 0 Å². The Morgan fingerprint density at radius 3 is 2.62 bits per heavy atom. The number of amides is 2. The topological polar surface area (TPSA) is 35.9 Å². The van der Waals surface area contributed by atoms with Crippen LogP contribution in [0.4, 0.5) is 4.79 Å². The van der Waals surface area contributed by atoms with Crippen molar-refractivity contribution in [2.45, 2.75) is 6.04 Å². The molecule has 0 saturated heterocycles. The van der Waals surface area contributed by atoms with E-state index in [9.17, 15) is 4.79 Å². The quantitative estimate of drug-likeness (QED) is 0.455. The number of thioether (sulfide) groups is 1. The van der Waals surface area contributed by atoms with Crippen molar-refractivity contribution in [3.05, 3.63) is 48.6 Å². The fraction of sp³-hybridized carbons (Fsp3) is 0.375. The summed E-state index contributed by atoms with van der Waals surface area (Å²) in [6.07, 6.45) is 9.43. The lowest BCUT2D eigenvalue weighted by molar-refractivity contribution is 0.175. The van der Waals surface area contributed by atoms with E-state index in [4.69, 9.17) is 0 Å². The maximum Gasteiger partial charge on any atom is 0.320 e. The van der Waals surface area contributed by atoms with E-state index in [0.717, 1.165) is 16.2 Å². The molecule has 114 valence electrons. The van der Waals surface area contributed by atoms with Crippen LogP contribution >= 0.6 is 11.8 Å². The number of aliphatic imine (C=N–C) groups is 1. The number of hydrogen-bond donors (Lipinski definition) is 0. The van der Waals surface area contributed by atoms with E-state index in [2.05, 4.69) is 24.2 Å². The molecule has 0 unspecified atom stereocenters. The number of rotatable bonds is 4. The number of carbonyl (C=O) groups is 1. The fourth-order valence-corrected chi connectivity index (χ4v) is 2.84. The molecule has 0 aliphatic carbocycles. The first-order valence-corrected chi connectivity index (χ1v) is 7.87. The Labute approximate surface area is 131 Å². The van der Waals surface area contributed by atoms with Crippen molar-refractivity contribution in [3.8, 4) is 0 Å². The van der Waals surface area contributed by atoms with Crippen LogP contribution in [0.5, 0.6) is 0 Å². The molecule has 1 heterocycles. The van der Waals surface area contributed by atoms with Gasteiger partial charge in [0.05, 0.1) is 17.6 Å². The smallest absolute Gasteiger partial charge is 0.320 e. The second-order valence-corrected chi connectivity index (χ2v) is 5.58. The van der Waals surface area contributed by atoms with Crippen LogP contribution in [0.3, 0.4) is 0 Å². The van der Waals surface area contributed by atoms with Gasteiger partial charge in [0, 0.05) is 26.7 Å². The zero-order chi connectivity index (χ0) is 16.0. The van der Waals surface area contributed by atoms with Crippen molar-refractivity contribution in [1.29, 1.82) is 0 Å². The summed E-state index contributed by atoms with van der Waals surface area (Å²) in [5, 5.41) is 0.955. The molecule has 0 aromatic heterocycles. The second-order valence-electron chi connectivity index (χ2n) is 4.78. The first kappa shape index (κ1) is 17.3. The van der Waals surface area contributed by atoms with Crippen LogP contribution in [0.25, 0.3) is 0 Å². The summed E-state index contributed by atoms with van der Waals surface area (Å²) in [7, 11) is 5.28. The van der Waals surface area contributed by atoms with Crippen LogP contribution in [0.1, 0.15) is 0 Å². The molecule has 1 rings (SSSR count). The van der Waals surface area contributed by atoms with Gasteiger partial charge in [-0.1, -0.05) is 31.4 Å². The van der Waals surface area contributed by atoms with Crippen LogP contribution in [0, 0.1) is 0 Å². The summed E-state index contributed by atoms with van der Waals surface area (Å²) in [4.78, 5) is 20.1. The molecule has 1 aliphatic rings. The maximum atomic E-state index is 12.4. The number of nitrogens with zero attached hydrogens (tertiary/aromatic N) is 3. The van der Waals surface area contributed by atoms with E-state index in [0.29, 0.717) is 6.54 Å². The molecule has 0 bridgehead atoms. The van der Waals surface area contributed by atoms with E-state index in [-0.39, 0.29) is 12.1 Å². The predicted molar refractivity (Wildman–Crippen MR) is 93.0 cm³/mol. The molecule has 0 N–H and O–H groups in total. The summed E-state index contributed by atoms with van der Waals surface area (Å²) in [5.74, 6) is 0. The first-order valence-electron chi connectivity index (χ1n) is 6.64. The molecule has 21 heavy (non-hydrogen) atoms. The minimum Gasteiger partial charge on any atom is -0.331 e. The number of carbonyl (C=O) groups excluding carboxylic acids is 1. The van der Waals surface area contributed by atoms with Gasteiger partial charge in [-0.05, 0) is 17.9 Å². The predicted octanol–water partition coefficient (Wildman–Crippen LogP) is 2.97. The highest BCUT2D eigenvalue weighted by Crippen LogP contribution is 2.27. The molecule has 0 fully saturated rings. The molecule has 2 amide bonds. The van der Waals surface area contributed by atoms with Gasteiger partial charge in [0.1, 0.15) is 0 Å². The molecule has 1 aliphatic heterocycles. The van der Waals surface area contributed by atoms with Crippen LogP contribution in [0.2, 0.25) is 0 Å². The molecule has 1 atom stereocenters. The highest BCUT2D eigenvalue weighted by atomic mass is 32.2. The number of hydrogen-bond acceptors (Lipinski definition) is 3. The largest absolute Gasteiger partial charge is 0.331 e. The molecule has 5 heteroatoms. The van der Waals surface area contributed by atoms with Crippen molar-refractivity contribution < 1.29 is 4.79 Å². The van der Waals surface area contributed by atoms with Crippen LogP contribution in [-0.4, -0.2) is 60.9 Å². The third kappa shape index (κ3) is 3.88. The minimum absolute atomic E-state index is 0.0281. The summed E-state index contributed by atoms with van der Waals surface area (Å²) >= 11 is 1.59. The lowest BCUT2D eigenvalue weighted by atomic mass is 10.1. The molecule has 0 saturated carbocycles. The van der Waals surface area contributed by atoms with Crippen molar-refractivity contribution >= 4 is 22.8 Å². The van der Waals surface area contributed by atoms with Crippen molar-refractivity contribution in [2.75, 3.05) is 33.9 Å². The van der Waals surface area contributed by atoms with Crippen molar-refractivity contribution in [1.82, 2.24) is 9.80 Å². The van der Waals surface area contributed by atoms with Gasteiger partial charge in [-0.15, -0.1) is 11.8 Å². The van der Waals surface area contributed by atoms with Gasteiger partial charge >= 0.3 is 6.03 Å². The summed E-state index contributed by atoms with van der Waals surface area (Å²) in [5.41, 5.74) is 2.02. The van der Waals surface area contributed by atoms with Crippen molar-refractivity contribution in [2.24, 2.45) is 4.99 Å². The average Bonchev–Trinajstić information content (AvgIpc) is 2.89. The maximum absolute atomic E-state index is 12.4. The van der Waals surface area contributed by atoms with Gasteiger partial charge in [-0.3, -0.25) is 4.99 Å². The molecular formula is C16H23N3OS. The summed E-state index contributed by atoms with van der Waals surface area (Å²) in [6, 6.07) is -0.158. The zero-order valence-corrected chi connectivity index (χ0v) is 14.0. The van der Waals surface area contributed by atoms with Crippen LogP contribution in [-0.2, 0) is 0 Å². The van der Waals surface area contributed by atoms with E-state index in [1.54, 1.807) is 50.0 Å². The highest BCUT2D eigenvalue weighted by molar-refractivity contribution is 8.13. The Bertz CT molecular complexity index is 518. The third-order valence-electron chi connectivity index (χ3n) is 3.22. The van der Waals surface area contributed by atoms with E-state index >= 15 is 0 Å². The second kappa shape index (κ2) is 7.88. The molecular weight excluding hydrogens is 282 g/mol. The standard InChI is InChI=1S/C16H23N3OS/c1-7-9-12(8-2)14-10-13(15(17-3)21-6)11-19(14)16(20)18(4)5/h7-10,14H,1-2,11H2,3-6H3/b12-9+,17-15?/t14-/m0/s1. The van der Waals surface area contributed by atoms with Gasteiger partial charge < -0.3 is 9.80 Å². The summed E-state index contributed by atoms with van der Waals surface area (Å²) in [6.45, 7) is 8.12. The Morgan fingerprint density at radius 2 is 2.19 bits per heavy atom.